The lowest BCUT2D eigenvalue weighted by Gasteiger charge is -2.29. The fraction of sp³-hybridized carbons (Fsp3) is 0.938. The van der Waals surface area contributed by atoms with Crippen LogP contribution in [0.1, 0.15) is 77.6 Å². The molecule has 0 saturated heterocycles. The van der Waals surface area contributed by atoms with Crippen LogP contribution in [0.2, 0.25) is 0 Å². The largest absolute Gasteiger partial charge is 0.346 e. The molecule has 1 fully saturated rings. The number of amides is 1. The first-order valence-electron chi connectivity index (χ1n) is 8.00. The lowest BCUT2D eigenvalue weighted by atomic mass is 9.84. The Labute approximate surface area is 113 Å². The predicted molar refractivity (Wildman–Crippen MR) is 77.6 cm³/mol. The van der Waals surface area contributed by atoms with Crippen LogP contribution in [0.5, 0.6) is 0 Å². The Hall–Kier alpha value is -0.530. The predicted octanol–water partition coefficient (Wildman–Crippen LogP) is 4.39. The third kappa shape index (κ3) is 5.88. The Balaban J connectivity index is 1.89. The van der Waals surface area contributed by atoms with Gasteiger partial charge in [-0.1, -0.05) is 58.3 Å². The zero-order valence-electron chi connectivity index (χ0n) is 12.4. The van der Waals surface area contributed by atoms with Gasteiger partial charge >= 0.3 is 0 Å². The molecule has 0 aromatic rings. The van der Waals surface area contributed by atoms with Gasteiger partial charge in [-0.25, -0.2) is 0 Å². The van der Waals surface area contributed by atoms with E-state index < -0.39 is 0 Å². The van der Waals surface area contributed by atoms with Gasteiger partial charge in [-0.3, -0.25) is 4.79 Å². The highest BCUT2D eigenvalue weighted by atomic mass is 16.2. The van der Waals surface area contributed by atoms with Gasteiger partial charge in [0.2, 0.25) is 5.91 Å². The van der Waals surface area contributed by atoms with Gasteiger partial charge in [0.25, 0.3) is 0 Å². The first-order chi connectivity index (χ1) is 8.75. The van der Waals surface area contributed by atoms with E-state index in [9.17, 15) is 4.79 Å². The van der Waals surface area contributed by atoms with E-state index in [2.05, 4.69) is 6.92 Å². The lowest BCUT2D eigenvalue weighted by Crippen LogP contribution is -2.36. The van der Waals surface area contributed by atoms with Crippen molar-refractivity contribution in [3.8, 4) is 0 Å². The smallest absolute Gasteiger partial charge is 0.225 e. The summed E-state index contributed by atoms with van der Waals surface area (Å²) in [6.07, 6.45) is 14.2. The van der Waals surface area contributed by atoms with E-state index >= 15 is 0 Å². The van der Waals surface area contributed by atoms with Crippen molar-refractivity contribution in [1.82, 2.24) is 4.90 Å². The highest BCUT2D eigenvalue weighted by Crippen LogP contribution is 2.27. The molecular weight excluding hydrogens is 222 g/mol. The van der Waals surface area contributed by atoms with Gasteiger partial charge in [-0.15, -0.1) is 0 Å². The van der Waals surface area contributed by atoms with Gasteiger partial charge in [0.15, 0.2) is 0 Å². The SMILES string of the molecule is CCCCCCCCCCN(C)C(=O)C1CCC1. The number of hydrogen-bond donors (Lipinski definition) is 0. The van der Waals surface area contributed by atoms with Crippen molar-refractivity contribution in [2.24, 2.45) is 5.92 Å². The molecule has 18 heavy (non-hydrogen) atoms. The molecule has 0 aliphatic heterocycles. The Kier molecular flexibility index (Phi) is 8.11. The van der Waals surface area contributed by atoms with E-state index in [1.807, 2.05) is 11.9 Å². The fourth-order valence-corrected chi connectivity index (χ4v) is 2.56. The minimum atomic E-state index is 0.365. The molecule has 0 atom stereocenters. The molecule has 0 radical (unpaired) electrons. The van der Waals surface area contributed by atoms with E-state index in [4.69, 9.17) is 0 Å². The number of carbonyl (C=O) groups excluding carboxylic acids is 1. The summed E-state index contributed by atoms with van der Waals surface area (Å²) in [4.78, 5) is 13.8. The third-order valence-corrected chi connectivity index (χ3v) is 4.18. The minimum absolute atomic E-state index is 0.365. The molecule has 0 aromatic heterocycles. The topological polar surface area (TPSA) is 20.3 Å². The molecule has 0 N–H and O–H groups in total. The summed E-state index contributed by atoms with van der Waals surface area (Å²) in [5, 5.41) is 0. The third-order valence-electron chi connectivity index (χ3n) is 4.18. The zero-order valence-corrected chi connectivity index (χ0v) is 12.4. The van der Waals surface area contributed by atoms with Gasteiger partial charge in [0.1, 0.15) is 0 Å². The molecule has 106 valence electrons. The Morgan fingerprint density at radius 2 is 1.56 bits per heavy atom. The van der Waals surface area contributed by atoms with E-state index in [1.54, 1.807) is 0 Å². The van der Waals surface area contributed by atoms with Crippen LogP contribution in [0.15, 0.2) is 0 Å². The van der Waals surface area contributed by atoms with Gasteiger partial charge in [-0.05, 0) is 19.3 Å². The molecule has 0 unspecified atom stereocenters. The van der Waals surface area contributed by atoms with Crippen molar-refractivity contribution in [2.75, 3.05) is 13.6 Å². The quantitative estimate of drug-likeness (QED) is 0.529. The molecule has 2 nitrogen and oxygen atoms in total. The maximum Gasteiger partial charge on any atom is 0.225 e. The number of unbranched alkanes of at least 4 members (excludes halogenated alkanes) is 7. The summed E-state index contributed by atoms with van der Waals surface area (Å²) in [5.41, 5.74) is 0. The highest BCUT2D eigenvalue weighted by molar-refractivity contribution is 5.79. The van der Waals surface area contributed by atoms with Crippen LogP contribution < -0.4 is 0 Å². The van der Waals surface area contributed by atoms with Crippen molar-refractivity contribution in [3.05, 3.63) is 0 Å². The fourth-order valence-electron chi connectivity index (χ4n) is 2.56. The van der Waals surface area contributed by atoms with Crippen molar-refractivity contribution < 1.29 is 4.79 Å². The molecule has 2 heteroatoms. The summed E-state index contributed by atoms with van der Waals surface area (Å²) in [7, 11) is 1.97. The molecule has 1 saturated carbocycles. The normalized spacial score (nSPS) is 15.4. The molecule has 1 amide bonds. The van der Waals surface area contributed by atoms with Crippen LogP contribution in [0.25, 0.3) is 0 Å². The molecule has 1 aliphatic carbocycles. The highest BCUT2D eigenvalue weighted by Gasteiger charge is 2.27. The summed E-state index contributed by atoms with van der Waals surface area (Å²) in [6.45, 7) is 3.22. The van der Waals surface area contributed by atoms with Crippen LogP contribution in [0.4, 0.5) is 0 Å². The average molecular weight is 253 g/mol. The molecule has 1 aliphatic rings. The van der Waals surface area contributed by atoms with Crippen LogP contribution >= 0.6 is 0 Å². The Morgan fingerprint density at radius 1 is 1.00 bits per heavy atom. The van der Waals surface area contributed by atoms with E-state index in [-0.39, 0.29) is 0 Å². The van der Waals surface area contributed by atoms with E-state index in [0.29, 0.717) is 11.8 Å². The molecule has 1 rings (SSSR count). The molecule has 0 bridgehead atoms. The molecule has 0 aromatic carbocycles. The second kappa shape index (κ2) is 9.41. The van der Waals surface area contributed by atoms with Crippen LogP contribution in [0, 0.1) is 5.92 Å². The van der Waals surface area contributed by atoms with Crippen LogP contribution in [-0.4, -0.2) is 24.4 Å². The summed E-state index contributed by atoms with van der Waals surface area (Å²) in [6, 6.07) is 0. The maximum atomic E-state index is 11.9. The van der Waals surface area contributed by atoms with Gasteiger partial charge < -0.3 is 4.90 Å². The lowest BCUT2D eigenvalue weighted by molar-refractivity contribution is -0.136. The van der Waals surface area contributed by atoms with E-state index in [0.717, 1.165) is 19.4 Å². The number of hydrogen-bond acceptors (Lipinski definition) is 1. The van der Waals surface area contributed by atoms with Gasteiger partial charge in [0, 0.05) is 19.5 Å². The summed E-state index contributed by atoms with van der Waals surface area (Å²) >= 11 is 0. The minimum Gasteiger partial charge on any atom is -0.346 e. The number of nitrogens with zero attached hydrogens (tertiary/aromatic N) is 1. The van der Waals surface area contributed by atoms with Crippen molar-refractivity contribution in [1.29, 1.82) is 0 Å². The van der Waals surface area contributed by atoms with Crippen molar-refractivity contribution >= 4 is 5.91 Å². The van der Waals surface area contributed by atoms with Crippen LogP contribution in [0.3, 0.4) is 0 Å². The monoisotopic (exact) mass is 253 g/mol. The van der Waals surface area contributed by atoms with Crippen molar-refractivity contribution in [3.63, 3.8) is 0 Å². The first-order valence-corrected chi connectivity index (χ1v) is 8.00. The van der Waals surface area contributed by atoms with Crippen LogP contribution in [-0.2, 0) is 4.79 Å². The maximum absolute atomic E-state index is 11.9. The second-order valence-electron chi connectivity index (χ2n) is 5.86. The first kappa shape index (κ1) is 15.5. The number of rotatable bonds is 10. The number of carbonyl (C=O) groups is 1. The Bertz CT molecular complexity index is 223. The van der Waals surface area contributed by atoms with Gasteiger partial charge in [-0.2, -0.15) is 0 Å². The summed E-state index contributed by atoms with van der Waals surface area (Å²) in [5.74, 6) is 0.758. The average Bonchev–Trinajstić information content (AvgIpc) is 2.30. The molecule has 0 heterocycles. The molecule has 0 spiro atoms. The van der Waals surface area contributed by atoms with Gasteiger partial charge in [0.05, 0.1) is 0 Å². The zero-order chi connectivity index (χ0) is 13.2. The van der Waals surface area contributed by atoms with E-state index in [1.165, 1.54) is 57.8 Å². The standard InChI is InChI=1S/C16H31NO/c1-3-4-5-6-7-8-9-10-14-17(2)16(18)15-12-11-13-15/h15H,3-14H2,1-2H3. The second-order valence-corrected chi connectivity index (χ2v) is 5.86. The van der Waals surface area contributed by atoms with Crippen molar-refractivity contribution in [2.45, 2.75) is 77.6 Å². The molecular formula is C16H31NO. The Morgan fingerprint density at radius 3 is 2.06 bits per heavy atom. The summed E-state index contributed by atoms with van der Waals surface area (Å²) < 4.78 is 0.